The molecule has 0 aromatic heterocycles. The number of rotatable bonds is 8. The SMILES string of the molecule is CCOC(=O)/C(Cl)=C/C1CC[C@@](COC(C)c2cc(C(F)(F)F)cc(C(F)(F)F)c2)(c2ccccc2)N(C)C1. The number of carbonyl (C=O) groups is 1. The van der Waals surface area contributed by atoms with Gasteiger partial charge in [0.1, 0.15) is 5.03 Å². The topological polar surface area (TPSA) is 38.8 Å². The molecule has 0 amide bonds. The molecule has 0 N–H and O–H groups in total. The fourth-order valence-corrected chi connectivity index (χ4v) is 5.03. The molecule has 2 aromatic carbocycles. The minimum Gasteiger partial charge on any atom is -0.462 e. The van der Waals surface area contributed by atoms with E-state index in [0.717, 1.165) is 5.56 Å². The van der Waals surface area contributed by atoms with Crippen LogP contribution in [0, 0.1) is 5.92 Å². The Morgan fingerprint density at radius 3 is 2.21 bits per heavy atom. The number of benzene rings is 2. The number of likely N-dealkylation sites (tertiary alicyclic amines) is 1. The summed E-state index contributed by atoms with van der Waals surface area (Å²) in [6, 6.07) is 10.8. The van der Waals surface area contributed by atoms with Gasteiger partial charge in [0.25, 0.3) is 0 Å². The highest BCUT2D eigenvalue weighted by Crippen LogP contribution is 2.42. The minimum atomic E-state index is -4.95. The Balaban J connectivity index is 1.88. The second kappa shape index (κ2) is 12.3. The van der Waals surface area contributed by atoms with E-state index < -0.39 is 41.1 Å². The summed E-state index contributed by atoms with van der Waals surface area (Å²) < 4.78 is 91.2. The number of hydrogen-bond acceptors (Lipinski definition) is 4. The first-order chi connectivity index (χ1) is 18.2. The third-order valence-corrected chi connectivity index (χ3v) is 7.26. The maximum absolute atomic E-state index is 13.4. The number of likely N-dealkylation sites (N-methyl/N-ethyl adjacent to an activating group) is 1. The van der Waals surface area contributed by atoms with Gasteiger partial charge in [-0.2, -0.15) is 26.3 Å². The number of alkyl halides is 6. The molecule has 214 valence electrons. The predicted octanol–water partition coefficient (Wildman–Crippen LogP) is 7.72. The van der Waals surface area contributed by atoms with E-state index in [1.54, 1.807) is 13.0 Å². The summed E-state index contributed by atoms with van der Waals surface area (Å²) >= 11 is 6.12. The van der Waals surface area contributed by atoms with E-state index in [1.807, 2.05) is 42.3 Å². The lowest BCUT2D eigenvalue weighted by atomic mass is 9.78. The van der Waals surface area contributed by atoms with Crippen LogP contribution in [0.15, 0.2) is 59.6 Å². The zero-order valence-corrected chi connectivity index (χ0v) is 22.5. The quantitative estimate of drug-likeness (QED) is 0.183. The van der Waals surface area contributed by atoms with Crippen molar-refractivity contribution in [1.82, 2.24) is 4.90 Å². The minimum absolute atomic E-state index is 0.00825. The largest absolute Gasteiger partial charge is 0.462 e. The van der Waals surface area contributed by atoms with Crippen LogP contribution >= 0.6 is 11.6 Å². The van der Waals surface area contributed by atoms with Crippen LogP contribution in [0.1, 0.15) is 55.0 Å². The van der Waals surface area contributed by atoms with Crippen LogP contribution in [0.2, 0.25) is 0 Å². The number of halogens is 7. The van der Waals surface area contributed by atoms with Crippen molar-refractivity contribution >= 4 is 17.6 Å². The van der Waals surface area contributed by atoms with E-state index in [4.69, 9.17) is 21.1 Å². The summed E-state index contributed by atoms with van der Waals surface area (Å²) in [5.74, 6) is -0.697. The van der Waals surface area contributed by atoms with Crippen LogP contribution in [-0.2, 0) is 32.2 Å². The molecule has 39 heavy (non-hydrogen) atoms. The van der Waals surface area contributed by atoms with E-state index >= 15 is 0 Å². The normalized spacial score (nSPS) is 22.0. The van der Waals surface area contributed by atoms with Crippen molar-refractivity contribution in [3.8, 4) is 0 Å². The van der Waals surface area contributed by atoms with Crippen LogP contribution in [0.3, 0.4) is 0 Å². The maximum Gasteiger partial charge on any atom is 0.416 e. The third kappa shape index (κ3) is 7.55. The first-order valence-electron chi connectivity index (χ1n) is 12.4. The molecule has 0 bridgehead atoms. The van der Waals surface area contributed by atoms with Gasteiger partial charge in [0.15, 0.2) is 0 Å². The molecule has 0 radical (unpaired) electrons. The zero-order valence-electron chi connectivity index (χ0n) is 21.7. The second-order valence-corrected chi connectivity index (χ2v) is 10.0. The second-order valence-electron chi connectivity index (χ2n) is 9.60. The lowest BCUT2D eigenvalue weighted by Gasteiger charge is -2.48. The number of piperidine rings is 1. The molecule has 11 heteroatoms. The highest BCUT2D eigenvalue weighted by atomic mass is 35.5. The number of ether oxygens (including phenoxy) is 2. The molecule has 1 saturated heterocycles. The Hall–Kier alpha value is -2.56. The summed E-state index contributed by atoms with van der Waals surface area (Å²) in [5, 5.41) is -0.0163. The lowest BCUT2D eigenvalue weighted by Crippen LogP contribution is -2.52. The van der Waals surface area contributed by atoms with Crippen LogP contribution in [-0.4, -0.2) is 37.7 Å². The van der Waals surface area contributed by atoms with Gasteiger partial charge in [-0.25, -0.2) is 4.79 Å². The van der Waals surface area contributed by atoms with Crippen LogP contribution in [0.5, 0.6) is 0 Å². The number of esters is 1. The van der Waals surface area contributed by atoms with E-state index in [1.165, 1.54) is 6.92 Å². The highest BCUT2D eigenvalue weighted by molar-refractivity contribution is 6.41. The fraction of sp³-hybridized carbons (Fsp3) is 0.464. The van der Waals surface area contributed by atoms with Gasteiger partial charge < -0.3 is 9.47 Å². The smallest absolute Gasteiger partial charge is 0.416 e. The summed E-state index contributed by atoms with van der Waals surface area (Å²) in [6.45, 7) is 3.78. The van der Waals surface area contributed by atoms with Crippen molar-refractivity contribution in [1.29, 1.82) is 0 Å². The molecule has 1 aliphatic heterocycles. The van der Waals surface area contributed by atoms with Crippen molar-refractivity contribution in [3.05, 3.63) is 81.9 Å². The number of nitrogens with zero attached hydrogens (tertiary/aromatic N) is 1. The summed E-state index contributed by atoms with van der Waals surface area (Å²) in [4.78, 5) is 14.0. The van der Waals surface area contributed by atoms with Crippen molar-refractivity contribution in [2.45, 2.75) is 50.7 Å². The van der Waals surface area contributed by atoms with Gasteiger partial charge in [-0.1, -0.05) is 48.0 Å². The maximum atomic E-state index is 13.4. The van der Waals surface area contributed by atoms with Crippen LogP contribution in [0.4, 0.5) is 26.3 Å². The third-order valence-electron chi connectivity index (χ3n) is 6.98. The Labute approximate surface area is 228 Å². The van der Waals surface area contributed by atoms with E-state index in [0.29, 0.717) is 31.5 Å². The Morgan fingerprint density at radius 1 is 1.10 bits per heavy atom. The standard InChI is InChI=1S/C28H30ClF6NO3/c1-4-38-25(37)24(29)12-19-10-11-26(36(3)16-19,21-8-6-5-7-9-21)17-39-18(2)20-13-22(27(30,31)32)15-23(14-20)28(33,34)35/h5-9,12-15,18-19H,4,10-11,16-17H2,1-3H3/b24-12-/t18?,19?,26-/m1/s1. The van der Waals surface area contributed by atoms with Crippen molar-refractivity contribution in [2.24, 2.45) is 5.92 Å². The number of hydrogen-bond donors (Lipinski definition) is 0. The Bertz CT molecular complexity index is 1140. The highest BCUT2D eigenvalue weighted by Gasteiger charge is 2.42. The average Bonchev–Trinajstić information content (AvgIpc) is 2.87. The summed E-state index contributed by atoms with van der Waals surface area (Å²) in [7, 11) is 1.85. The summed E-state index contributed by atoms with van der Waals surface area (Å²) in [5.41, 5.74) is -2.82. The summed E-state index contributed by atoms with van der Waals surface area (Å²) in [6.07, 6.45) is -8.16. The molecule has 4 nitrogen and oxygen atoms in total. The molecule has 1 heterocycles. The van der Waals surface area contributed by atoms with Gasteiger partial charge in [0, 0.05) is 6.54 Å². The zero-order chi connectivity index (χ0) is 29.0. The first-order valence-corrected chi connectivity index (χ1v) is 12.8. The van der Waals surface area contributed by atoms with Crippen LogP contribution < -0.4 is 0 Å². The number of carbonyl (C=O) groups excluding carboxylic acids is 1. The molecule has 2 unspecified atom stereocenters. The van der Waals surface area contributed by atoms with E-state index in [2.05, 4.69) is 0 Å². The molecule has 3 atom stereocenters. The van der Waals surface area contributed by atoms with E-state index in [-0.39, 0.29) is 35.8 Å². The molecular weight excluding hydrogens is 548 g/mol. The van der Waals surface area contributed by atoms with Gasteiger partial charge in [-0.05, 0) is 69.0 Å². The van der Waals surface area contributed by atoms with Gasteiger partial charge in [-0.15, -0.1) is 0 Å². The van der Waals surface area contributed by atoms with Crippen molar-refractivity contribution in [2.75, 3.05) is 26.8 Å². The molecular formula is C28H30ClF6NO3. The Morgan fingerprint density at radius 2 is 1.69 bits per heavy atom. The predicted molar refractivity (Wildman–Crippen MR) is 135 cm³/mol. The fourth-order valence-electron chi connectivity index (χ4n) is 4.80. The Kier molecular flexibility index (Phi) is 9.78. The van der Waals surface area contributed by atoms with Gasteiger partial charge in [0.05, 0.1) is 36.0 Å². The molecule has 3 rings (SSSR count). The molecule has 0 aliphatic carbocycles. The first kappa shape index (κ1) is 31.0. The average molecular weight is 578 g/mol. The van der Waals surface area contributed by atoms with Crippen molar-refractivity contribution in [3.63, 3.8) is 0 Å². The van der Waals surface area contributed by atoms with Crippen LogP contribution in [0.25, 0.3) is 0 Å². The molecule has 0 spiro atoms. The van der Waals surface area contributed by atoms with Gasteiger partial charge >= 0.3 is 18.3 Å². The molecule has 1 fully saturated rings. The molecule has 0 saturated carbocycles. The lowest BCUT2D eigenvalue weighted by molar-refractivity contribution is -0.143. The van der Waals surface area contributed by atoms with E-state index in [9.17, 15) is 31.1 Å². The van der Waals surface area contributed by atoms with Crippen molar-refractivity contribution < 1.29 is 40.6 Å². The van der Waals surface area contributed by atoms with Gasteiger partial charge in [-0.3, -0.25) is 4.90 Å². The van der Waals surface area contributed by atoms with Gasteiger partial charge in [0.2, 0.25) is 0 Å². The molecule has 2 aromatic rings. The monoisotopic (exact) mass is 577 g/mol. The molecule has 1 aliphatic rings.